The molecule has 0 aliphatic carbocycles. The molecule has 0 aliphatic rings. The third-order valence-corrected chi connectivity index (χ3v) is 3.50. The quantitative estimate of drug-likeness (QED) is 0.882. The molecule has 21 heavy (non-hydrogen) atoms. The van der Waals surface area contributed by atoms with Crippen LogP contribution in [0.2, 0.25) is 0 Å². The first-order valence-electron chi connectivity index (χ1n) is 5.91. The molecule has 7 heteroatoms. The number of hydrogen-bond acceptors (Lipinski definition) is 4. The van der Waals surface area contributed by atoms with Gasteiger partial charge in [0.1, 0.15) is 5.69 Å². The normalized spacial score (nSPS) is 11.4. The van der Waals surface area contributed by atoms with Gasteiger partial charge in [0.05, 0.1) is 17.3 Å². The number of rotatable bonds is 5. The minimum absolute atomic E-state index is 0.155. The van der Waals surface area contributed by atoms with Gasteiger partial charge in [0.25, 0.3) is 10.0 Å². The van der Waals surface area contributed by atoms with Gasteiger partial charge in [-0.15, -0.1) is 0 Å². The van der Waals surface area contributed by atoms with Crippen LogP contribution in [0.4, 0.5) is 5.69 Å². The highest BCUT2D eigenvalue weighted by atomic mass is 32.2. The van der Waals surface area contributed by atoms with Crippen molar-refractivity contribution in [3.8, 4) is 0 Å². The molecule has 1 aromatic carbocycles. The Morgan fingerprint density at radius 2 is 1.86 bits per heavy atom. The molecule has 1 heterocycles. The Hall–Kier alpha value is -2.67. The van der Waals surface area contributed by atoms with Crippen LogP contribution in [0.1, 0.15) is 16.1 Å². The Balaban J connectivity index is 2.10. The summed E-state index contributed by atoms with van der Waals surface area (Å²) >= 11 is 0. The molecular formula is C14H12N2O4S. The molecule has 0 unspecified atom stereocenters. The fraction of sp³-hybridized carbons (Fsp3) is 0. The van der Waals surface area contributed by atoms with E-state index in [9.17, 15) is 13.2 Å². The smallest absolute Gasteiger partial charge is 0.354 e. The molecule has 0 fully saturated rings. The molecule has 0 atom stereocenters. The average molecular weight is 304 g/mol. The second-order valence-corrected chi connectivity index (χ2v) is 5.66. The van der Waals surface area contributed by atoms with E-state index in [4.69, 9.17) is 5.11 Å². The van der Waals surface area contributed by atoms with Crippen LogP contribution in [0, 0.1) is 0 Å². The largest absolute Gasteiger partial charge is 0.477 e. The molecule has 2 aromatic rings. The predicted octanol–water partition coefficient (Wildman–Crippen LogP) is 2.19. The van der Waals surface area contributed by atoms with Crippen LogP contribution in [0.3, 0.4) is 0 Å². The minimum Gasteiger partial charge on any atom is -0.477 e. The summed E-state index contributed by atoms with van der Waals surface area (Å²) in [4.78, 5) is 14.3. The number of anilines is 1. The number of carboxylic acids is 1. The van der Waals surface area contributed by atoms with Crippen molar-refractivity contribution in [3.63, 3.8) is 0 Å². The van der Waals surface area contributed by atoms with E-state index in [-0.39, 0.29) is 11.4 Å². The number of pyridine rings is 1. The van der Waals surface area contributed by atoms with Crippen LogP contribution in [0.25, 0.3) is 6.08 Å². The highest BCUT2D eigenvalue weighted by Gasteiger charge is 2.08. The van der Waals surface area contributed by atoms with Crippen molar-refractivity contribution in [2.24, 2.45) is 0 Å². The Morgan fingerprint density at radius 3 is 2.43 bits per heavy atom. The van der Waals surface area contributed by atoms with Crippen molar-refractivity contribution in [3.05, 3.63) is 65.3 Å². The Labute approximate surface area is 121 Å². The van der Waals surface area contributed by atoms with Crippen LogP contribution in [-0.2, 0) is 10.0 Å². The number of aromatic nitrogens is 1. The zero-order chi connectivity index (χ0) is 15.3. The number of aromatic carboxylic acids is 1. The first kappa shape index (κ1) is 14.7. The van der Waals surface area contributed by atoms with Gasteiger partial charge in [-0.2, -0.15) is 0 Å². The number of nitrogens with zero attached hydrogens (tertiary/aromatic N) is 1. The lowest BCUT2D eigenvalue weighted by Crippen LogP contribution is -2.09. The summed E-state index contributed by atoms with van der Waals surface area (Å²) in [7, 11) is -3.68. The highest BCUT2D eigenvalue weighted by molar-refractivity contribution is 7.95. The van der Waals surface area contributed by atoms with E-state index in [0.29, 0.717) is 0 Å². The molecule has 0 radical (unpaired) electrons. The van der Waals surface area contributed by atoms with Gasteiger partial charge in [0.2, 0.25) is 0 Å². The molecule has 2 rings (SSSR count). The summed E-state index contributed by atoms with van der Waals surface area (Å²) in [5.41, 5.74) is 0.790. The SMILES string of the molecule is O=C(O)c1ccc(NS(=O)(=O)/C=C/c2ccccc2)cn1. The second-order valence-electron chi connectivity index (χ2n) is 4.10. The highest BCUT2D eigenvalue weighted by Crippen LogP contribution is 2.10. The van der Waals surface area contributed by atoms with E-state index < -0.39 is 16.0 Å². The van der Waals surface area contributed by atoms with E-state index in [2.05, 4.69) is 9.71 Å². The average Bonchev–Trinajstić information content (AvgIpc) is 2.46. The first-order chi connectivity index (χ1) is 9.96. The van der Waals surface area contributed by atoms with Crippen LogP contribution in [-0.4, -0.2) is 24.5 Å². The first-order valence-corrected chi connectivity index (χ1v) is 7.46. The van der Waals surface area contributed by atoms with Crippen LogP contribution < -0.4 is 4.72 Å². The summed E-state index contributed by atoms with van der Waals surface area (Å²) in [5.74, 6) is -1.17. The van der Waals surface area contributed by atoms with E-state index in [1.807, 2.05) is 6.07 Å². The third kappa shape index (κ3) is 4.43. The summed E-state index contributed by atoms with van der Waals surface area (Å²) in [6.07, 6.45) is 2.61. The van der Waals surface area contributed by atoms with E-state index in [0.717, 1.165) is 17.2 Å². The molecule has 0 spiro atoms. The van der Waals surface area contributed by atoms with Crippen molar-refractivity contribution in [1.82, 2.24) is 4.98 Å². The Bertz CT molecular complexity index is 753. The number of nitrogens with one attached hydrogen (secondary N) is 1. The molecule has 0 aliphatic heterocycles. The number of benzene rings is 1. The standard InChI is InChI=1S/C14H12N2O4S/c17-14(18)13-7-6-12(10-15-13)16-21(19,20)9-8-11-4-2-1-3-5-11/h1-10,16H,(H,17,18)/b9-8+. The van der Waals surface area contributed by atoms with Crippen LogP contribution in [0.15, 0.2) is 54.1 Å². The van der Waals surface area contributed by atoms with E-state index in [1.54, 1.807) is 24.3 Å². The fourth-order valence-corrected chi connectivity index (χ4v) is 2.36. The van der Waals surface area contributed by atoms with Crippen LogP contribution >= 0.6 is 0 Å². The van der Waals surface area contributed by atoms with Crippen molar-refractivity contribution in [2.45, 2.75) is 0 Å². The maximum Gasteiger partial charge on any atom is 0.354 e. The lowest BCUT2D eigenvalue weighted by Gasteiger charge is -2.04. The summed E-state index contributed by atoms with van der Waals surface area (Å²) in [6.45, 7) is 0. The number of carbonyl (C=O) groups is 1. The molecule has 6 nitrogen and oxygen atoms in total. The van der Waals surface area contributed by atoms with Gasteiger partial charge in [-0.25, -0.2) is 18.2 Å². The second kappa shape index (κ2) is 6.19. The van der Waals surface area contributed by atoms with Gasteiger partial charge in [0.15, 0.2) is 0 Å². The van der Waals surface area contributed by atoms with Crippen molar-refractivity contribution in [2.75, 3.05) is 4.72 Å². The number of carboxylic acid groups (broad SMARTS) is 1. The Kier molecular flexibility index (Phi) is 4.34. The summed E-state index contributed by atoms with van der Waals surface area (Å²) in [6, 6.07) is 11.5. The van der Waals surface area contributed by atoms with Gasteiger partial charge in [0, 0.05) is 0 Å². The van der Waals surface area contributed by atoms with Gasteiger partial charge >= 0.3 is 5.97 Å². The molecule has 0 amide bonds. The van der Waals surface area contributed by atoms with Crippen molar-refractivity contribution < 1.29 is 18.3 Å². The van der Waals surface area contributed by atoms with Gasteiger partial charge < -0.3 is 5.11 Å². The number of sulfonamides is 1. The fourth-order valence-electron chi connectivity index (χ4n) is 1.51. The zero-order valence-corrected chi connectivity index (χ0v) is 11.6. The zero-order valence-electron chi connectivity index (χ0n) is 10.8. The molecule has 0 saturated heterocycles. The summed E-state index contributed by atoms with van der Waals surface area (Å²) < 4.78 is 26.0. The topological polar surface area (TPSA) is 96.4 Å². The van der Waals surface area contributed by atoms with Crippen molar-refractivity contribution in [1.29, 1.82) is 0 Å². The van der Waals surface area contributed by atoms with E-state index in [1.165, 1.54) is 18.2 Å². The molecule has 0 bridgehead atoms. The van der Waals surface area contributed by atoms with Gasteiger partial charge in [-0.3, -0.25) is 4.72 Å². The Morgan fingerprint density at radius 1 is 1.14 bits per heavy atom. The lowest BCUT2D eigenvalue weighted by atomic mass is 10.2. The van der Waals surface area contributed by atoms with Crippen molar-refractivity contribution >= 4 is 27.8 Å². The lowest BCUT2D eigenvalue weighted by molar-refractivity contribution is 0.0690. The molecular weight excluding hydrogens is 292 g/mol. The van der Waals surface area contributed by atoms with Crippen LogP contribution in [0.5, 0.6) is 0 Å². The molecule has 1 aromatic heterocycles. The third-order valence-electron chi connectivity index (χ3n) is 2.48. The predicted molar refractivity (Wildman–Crippen MR) is 79.2 cm³/mol. The molecule has 2 N–H and O–H groups in total. The van der Waals surface area contributed by atoms with E-state index >= 15 is 0 Å². The maximum absolute atomic E-state index is 11.9. The molecule has 0 saturated carbocycles. The molecule has 108 valence electrons. The van der Waals surface area contributed by atoms with Gasteiger partial charge in [-0.05, 0) is 23.8 Å². The number of hydrogen-bond donors (Lipinski definition) is 2. The monoisotopic (exact) mass is 304 g/mol. The van der Waals surface area contributed by atoms with Gasteiger partial charge in [-0.1, -0.05) is 30.3 Å². The maximum atomic E-state index is 11.9. The summed E-state index contributed by atoms with van der Waals surface area (Å²) in [5, 5.41) is 9.74. The minimum atomic E-state index is -3.68.